The van der Waals surface area contributed by atoms with Gasteiger partial charge in [-0.2, -0.15) is 0 Å². The lowest BCUT2D eigenvalue weighted by atomic mass is 10.2. The number of anilines is 1. The Kier molecular flexibility index (Phi) is 3.84. The number of benzene rings is 1. The van der Waals surface area contributed by atoms with E-state index < -0.39 is 5.97 Å². The largest absolute Gasteiger partial charge is 0.493 e. The number of carboxylic acids is 1. The highest BCUT2D eigenvalue weighted by Crippen LogP contribution is 2.41. The molecule has 0 spiro atoms. The number of halogens is 1. The molecule has 5 nitrogen and oxygen atoms in total. The second-order valence-corrected chi connectivity index (χ2v) is 6.34. The molecule has 0 atom stereocenters. The highest BCUT2D eigenvalue weighted by Gasteiger charge is 2.22. The van der Waals surface area contributed by atoms with Gasteiger partial charge in [0, 0.05) is 22.3 Å². The molecule has 0 saturated carbocycles. The fraction of sp³-hybridized carbons (Fsp3) is 0.133. The van der Waals surface area contributed by atoms with Gasteiger partial charge in [0.05, 0.1) is 17.7 Å². The zero-order chi connectivity index (χ0) is 15.9. The maximum Gasteiger partial charge on any atom is 0.339 e. The van der Waals surface area contributed by atoms with E-state index in [0.717, 1.165) is 9.86 Å². The summed E-state index contributed by atoms with van der Waals surface area (Å²) in [5.74, 6) is 0.113. The molecule has 0 aliphatic heterocycles. The van der Waals surface area contributed by atoms with Crippen LogP contribution in [0.1, 0.15) is 10.4 Å². The van der Waals surface area contributed by atoms with Gasteiger partial charge in [-0.05, 0) is 18.2 Å². The number of ether oxygens (including phenoxy) is 1. The molecule has 0 unspecified atom stereocenters. The number of rotatable bonds is 4. The number of methoxy groups -OCH3 is 1. The summed E-state index contributed by atoms with van der Waals surface area (Å²) in [5.41, 5.74) is 1.38. The van der Waals surface area contributed by atoms with Crippen molar-refractivity contribution in [3.8, 4) is 16.4 Å². The molecular weight excluding hydrogens is 370 g/mol. The first kappa shape index (κ1) is 14.9. The Bertz CT molecular complexity index is 868. The Morgan fingerprint density at radius 3 is 2.82 bits per heavy atom. The minimum Gasteiger partial charge on any atom is -0.493 e. The van der Waals surface area contributed by atoms with Gasteiger partial charge in [0.1, 0.15) is 11.3 Å². The summed E-state index contributed by atoms with van der Waals surface area (Å²) < 4.78 is 12.0. The minimum absolute atomic E-state index is 0.213. The molecule has 0 amide bonds. The van der Waals surface area contributed by atoms with Crippen LogP contribution in [0.2, 0.25) is 0 Å². The van der Waals surface area contributed by atoms with E-state index in [9.17, 15) is 9.90 Å². The average molecular weight is 382 g/mol. The fourth-order valence-electron chi connectivity index (χ4n) is 2.28. The quantitative estimate of drug-likeness (QED) is 0.686. The van der Waals surface area contributed by atoms with Gasteiger partial charge in [0.25, 0.3) is 0 Å². The van der Waals surface area contributed by atoms with E-state index >= 15 is 0 Å². The van der Waals surface area contributed by atoms with Crippen LogP contribution in [0.25, 0.3) is 21.6 Å². The number of aromatic carboxylic acids is 1. The molecule has 0 fully saturated rings. The van der Waals surface area contributed by atoms with Gasteiger partial charge >= 0.3 is 5.97 Å². The molecule has 1 aromatic carbocycles. The van der Waals surface area contributed by atoms with E-state index in [1.165, 1.54) is 11.3 Å². The lowest BCUT2D eigenvalue weighted by Crippen LogP contribution is -2.00. The third-order valence-electron chi connectivity index (χ3n) is 3.26. The summed E-state index contributed by atoms with van der Waals surface area (Å²) in [6.07, 6.45) is 0. The Morgan fingerprint density at radius 1 is 1.41 bits per heavy atom. The normalized spacial score (nSPS) is 10.9. The smallest absolute Gasteiger partial charge is 0.339 e. The summed E-state index contributed by atoms with van der Waals surface area (Å²) in [7, 11) is 3.26. The van der Waals surface area contributed by atoms with Crippen LogP contribution in [-0.4, -0.2) is 25.2 Å². The predicted octanol–water partition coefficient (Wildman–Crippen LogP) is 4.67. The number of carbonyl (C=O) groups is 1. The van der Waals surface area contributed by atoms with E-state index in [4.69, 9.17) is 9.15 Å². The van der Waals surface area contributed by atoms with E-state index in [0.29, 0.717) is 27.7 Å². The first-order valence-electron chi connectivity index (χ1n) is 6.35. The Hall–Kier alpha value is -1.99. The van der Waals surface area contributed by atoms with Crippen LogP contribution in [0.3, 0.4) is 0 Å². The summed E-state index contributed by atoms with van der Waals surface area (Å²) in [6, 6.07) is 5.53. The third-order valence-corrected chi connectivity index (χ3v) is 4.72. The van der Waals surface area contributed by atoms with Gasteiger partial charge in [-0.15, -0.1) is 11.3 Å². The molecule has 0 aliphatic rings. The van der Waals surface area contributed by atoms with Crippen LogP contribution < -0.4 is 10.1 Å². The van der Waals surface area contributed by atoms with Gasteiger partial charge in [-0.25, -0.2) is 4.79 Å². The molecule has 0 saturated heterocycles. The van der Waals surface area contributed by atoms with Crippen molar-refractivity contribution in [1.29, 1.82) is 0 Å². The van der Waals surface area contributed by atoms with Crippen molar-refractivity contribution in [2.24, 2.45) is 0 Å². The lowest BCUT2D eigenvalue weighted by molar-refractivity contribution is 0.0699. The molecule has 0 radical (unpaired) electrons. The SMILES string of the molecule is CNc1csc(-c2cc3cc(Br)cc(OC)c3o2)c1C(=O)O. The minimum atomic E-state index is -0.991. The molecule has 0 bridgehead atoms. The fourth-order valence-corrected chi connectivity index (χ4v) is 3.74. The molecule has 114 valence electrons. The van der Waals surface area contributed by atoms with Crippen molar-refractivity contribution in [3.05, 3.63) is 33.6 Å². The molecule has 22 heavy (non-hydrogen) atoms. The Labute approximate surface area is 138 Å². The van der Waals surface area contributed by atoms with Crippen molar-refractivity contribution in [2.45, 2.75) is 0 Å². The number of nitrogens with one attached hydrogen (secondary N) is 1. The van der Waals surface area contributed by atoms with Gasteiger partial charge in [0.15, 0.2) is 11.3 Å². The van der Waals surface area contributed by atoms with E-state index in [-0.39, 0.29) is 5.56 Å². The van der Waals surface area contributed by atoms with E-state index in [1.807, 2.05) is 12.1 Å². The monoisotopic (exact) mass is 381 g/mol. The predicted molar refractivity (Wildman–Crippen MR) is 90.3 cm³/mol. The van der Waals surface area contributed by atoms with Crippen molar-refractivity contribution >= 4 is 49.9 Å². The van der Waals surface area contributed by atoms with Crippen molar-refractivity contribution in [3.63, 3.8) is 0 Å². The molecule has 2 heterocycles. The maximum atomic E-state index is 11.5. The van der Waals surface area contributed by atoms with Gasteiger partial charge < -0.3 is 19.6 Å². The lowest BCUT2D eigenvalue weighted by Gasteiger charge is -2.01. The van der Waals surface area contributed by atoms with Crippen molar-refractivity contribution < 1.29 is 19.1 Å². The van der Waals surface area contributed by atoms with Gasteiger partial charge in [0.2, 0.25) is 0 Å². The number of fused-ring (bicyclic) bond motifs is 1. The van der Waals surface area contributed by atoms with E-state index in [2.05, 4.69) is 21.2 Å². The molecule has 0 aliphatic carbocycles. The highest BCUT2D eigenvalue weighted by atomic mass is 79.9. The molecular formula is C15H12BrNO4S. The van der Waals surface area contributed by atoms with Crippen LogP contribution in [0.15, 0.2) is 32.5 Å². The second-order valence-electron chi connectivity index (χ2n) is 4.55. The average Bonchev–Trinajstić information content (AvgIpc) is 3.08. The molecule has 3 rings (SSSR count). The topological polar surface area (TPSA) is 71.7 Å². The van der Waals surface area contributed by atoms with Gasteiger partial charge in [-0.1, -0.05) is 15.9 Å². The van der Waals surface area contributed by atoms with Crippen molar-refractivity contribution in [2.75, 3.05) is 19.5 Å². The zero-order valence-electron chi connectivity index (χ0n) is 11.8. The summed E-state index contributed by atoms with van der Waals surface area (Å²) in [4.78, 5) is 12.1. The van der Waals surface area contributed by atoms with E-state index in [1.54, 1.807) is 25.6 Å². The number of furan rings is 1. The van der Waals surface area contributed by atoms with Crippen LogP contribution in [0.5, 0.6) is 5.75 Å². The van der Waals surface area contributed by atoms with Crippen LogP contribution >= 0.6 is 27.3 Å². The third kappa shape index (κ3) is 2.36. The zero-order valence-corrected chi connectivity index (χ0v) is 14.2. The van der Waals surface area contributed by atoms with Crippen LogP contribution in [-0.2, 0) is 0 Å². The molecule has 2 aromatic heterocycles. The number of hydrogen-bond acceptors (Lipinski definition) is 5. The maximum absolute atomic E-state index is 11.5. The summed E-state index contributed by atoms with van der Waals surface area (Å²) in [6.45, 7) is 0. The van der Waals surface area contributed by atoms with Crippen LogP contribution in [0.4, 0.5) is 5.69 Å². The Morgan fingerprint density at radius 2 is 2.18 bits per heavy atom. The Balaban J connectivity index is 2.23. The molecule has 3 aromatic rings. The van der Waals surface area contributed by atoms with Crippen LogP contribution in [0, 0.1) is 0 Å². The molecule has 2 N–H and O–H groups in total. The number of carboxylic acid groups (broad SMARTS) is 1. The number of hydrogen-bond donors (Lipinski definition) is 2. The molecule has 7 heteroatoms. The first-order valence-corrected chi connectivity index (χ1v) is 8.02. The summed E-state index contributed by atoms with van der Waals surface area (Å²) >= 11 is 4.74. The summed E-state index contributed by atoms with van der Waals surface area (Å²) in [5, 5.41) is 14.9. The van der Waals surface area contributed by atoms with Crippen molar-refractivity contribution in [1.82, 2.24) is 0 Å². The number of thiophene rings is 1. The standard InChI is InChI=1S/C15H12BrNO4S/c1-17-9-6-22-14(12(9)15(18)19)11-4-7-3-8(16)5-10(20-2)13(7)21-11/h3-6,17H,1-2H3,(H,18,19). The first-order chi connectivity index (χ1) is 10.5. The highest BCUT2D eigenvalue weighted by molar-refractivity contribution is 9.10. The second kappa shape index (κ2) is 5.66. The van der Waals surface area contributed by atoms with Gasteiger partial charge in [-0.3, -0.25) is 0 Å².